The topological polar surface area (TPSA) is 55.4 Å². The molecule has 4 rings (SSSR count). The maximum absolute atomic E-state index is 6.69. The zero-order valence-electron chi connectivity index (χ0n) is 25.8. The lowest BCUT2D eigenvalue weighted by Crippen LogP contribution is -2.45. The summed E-state index contributed by atoms with van der Waals surface area (Å²) in [4.78, 5) is 0. The molecule has 3 fully saturated rings. The first-order valence-corrected chi connectivity index (χ1v) is 14.4. The van der Waals surface area contributed by atoms with Gasteiger partial charge in [-0.25, -0.2) is 0 Å². The highest BCUT2D eigenvalue weighted by Crippen LogP contribution is 2.53. The monoisotopic (exact) mass is 526 g/mol. The van der Waals surface area contributed by atoms with Crippen LogP contribution in [0.3, 0.4) is 0 Å². The second kappa shape index (κ2) is 9.92. The van der Waals surface area contributed by atoms with Crippen molar-refractivity contribution < 1.29 is 27.9 Å². The Kier molecular flexibility index (Phi) is 7.87. The third-order valence-electron chi connectivity index (χ3n) is 10.1. The Morgan fingerprint density at radius 1 is 0.526 bits per heavy atom. The zero-order chi connectivity index (χ0) is 28.4. The number of hydrogen-bond acceptors (Lipinski definition) is 6. The van der Waals surface area contributed by atoms with Crippen LogP contribution in [0, 0.1) is 0 Å². The van der Waals surface area contributed by atoms with Gasteiger partial charge in [-0.15, -0.1) is 0 Å². The SMILES string of the molecule is CC1(C)OB(C(CCCc2ccccc2)C(B2OC(C)(C)C(C)(C)O2)B2OC(C)(C)C(C)(C)O2)OC1(C)C. The fraction of sp³-hybridized carbons (Fsp3) is 0.793. The number of hydrogen-bond donors (Lipinski definition) is 0. The van der Waals surface area contributed by atoms with Gasteiger partial charge in [-0.3, -0.25) is 0 Å². The molecule has 6 nitrogen and oxygen atoms in total. The summed E-state index contributed by atoms with van der Waals surface area (Å²) in [7, 11) is -1.51. The van der Waals surface area contributed by atoms with E-state index >= 15 is 0 Å². The quantitative estimate of drug-likeness (QED) is 0.358. The minimum atomic E-state index is -0.532. The molecule has 3 aliphatic heterocycles. The van der Waals surface area contributed by atoms with Gasteiger partial charge < -0.3 is 27.9 Å². The lowest BCUT2D eigenvalue weighted by Gasteiger charge is -2.32. The standard InChI is InChI=1S/C29H49B3O6/c1-24(2)25(3,4)34-30(33-24)22(20-16-19-21-17-14-13-15-18-21)23(31-35-26(5,6)27(7,8)36-31)32-37-28(9,10)29(11,12)38-32/h13-15,17-18,22-23H,16,19-20H2,1-12H3. The Hall–Kier alpha value is -0.825. The maximum atomic E-state index is 6.69. The molecule has 0 bridgehead atoms. The number of aryl methyl sites for hydroxylation is 1. The van der Waals surface area contributed by atoms with Crippen molar-refractivity contribution in [1.29, 1.82) is 0 Å². The lowest BCUT2D eigenvalue weighted by molar-refractivity contribution is 0.00578. The minimum absolute atomic E-state index is 0.0795. The van der Waals surface area contributed by atoms with Gasteiger partial charge in [0.1, 0.15) is 0 Å². The van der Waals surface area contributed by atoms with Crippen molar-refractivity contribution in [2.45, 2.75) is 147 Å². The van der Waals surface area contributed by atoms with Gasteiger partial charge in [0.05, 0.1) is 33.6 Å². The molecule has 3 saturated heterocycles. The Bertz CT molecular complexity index is 894. The average Bonchev–Trinajstić information content (AvgIpc) is 3.21. The van der Waals surface area contributed by atoms with Crippen LogP contribution in [-0.4, -0.2) is 55.0 Å². The predicted octanol–water partition coefficient (Wildman–Crippen LogP) is 6.57. The Labute approximate surface area is 232 Å². The molecule has 1 aromatic rings. The van der Waals surface area contributed by atoms with Gasteiger partial charge >= 0.3 is 21.4 Å². The summed E-state index contributed by atoms with van der Waals surface area (Å²) < 4.78 is 40.1. The highest BCUT2D eigenvalue weighted by Gasteiger charge is 2.66. The summed E-state index contributed by atoms with van der Waals surface area (Å²) in [6.45, 7) is 25.1. The van der Waals surface area contributed by atoms with Crippen molar-refractivity contribution in [3.8, 4) is 0 Å². The van der Waals surface area contributed by atoms with E-state index in [-0.39, 0.29) is 11.5 Å². The van der Waals surface area contributed by atoms with Crippen molar-refractivity contribution in [2.24, 2.45) is 0 Å². The third-order valence-corrected chi connectivity index (χ3v) is 10.1. The number of benzene rings is 1. The molecule has 38 heavy (non-hydrogen) atoms. The average molecular weight is 526 g/mol. The van der Waals surface area contributed by atoms with Crippen molar-refractivity contribution in [3.05, 3.63) is 35.9 Å². The van der Waals surface area contributed by atoms with Gasteiger partial charge in [0.15, 0.2) is 0 Å². The van der Waals surface area contributed by atoms with E-state index in [1.807, 2.05) is 0 Å². The summed E-state index contributed by atoms with van der Waals surface area (Å²) >= 11 is 0. The fourth-order valence-corrected chi connectivity index (χ4v) is 5.38. The maximum Gasteiger partial charge on any atom is 0.460 e. The second-order valence-corrected chi connectivity index (χ2v) is 14.5. The first-order valence-electron chi connectivity index (χ1n) is 14.4. The van der Waals surface area contributed by atoms with Gasteiger partial charge in [0.2, 0.25) is 0 Å². The third kappa shape index (κ3) is 5.53. The first-order chi connectivity index (χ1) is 17.3. The molecule has 0 radical (unpaired) electrons. The van der Waals surface area contributed by atoms with E-state index in [0.29, 0.717) is 0 Å². The molecular formula is C29H49B3O6. The molecule has 0 aliphatic carbocycles. The molecule has 1 aromatic carbocycles. The molecule has 1 atom stereocenters. The van der Waals surface area contributed by atoms with E-state index in [0.717, 1.165) is 19.3 Å². The van der Waals surface area contributed by atoms with Gasteiger partial charge in [-0.2, -0.15) is 0 Å². The summed E-state index contributed by atoms with van der Waals surface area (Å²) in [5.41, 5.74) is -1.77. The molecule has 1 unspecified atom stereocenters. The van der Waals surface area contributed by atoms with E-state index in [2.05, 4.69) is 113 Å². The van der Waals surface area contributed by atoms with E-state index in [1.165, 1.54) is 5.56 Å². The molecular weight excluding hydrogens is 477 g/mol. The Morgan fingerprint density at radius 3 is 1.24 bits per heavy atom. The molecule has 0 aromatic heterocycles. The summed E-state index contributed by atoms with van der Waals surface area (Å²) in [5.74, 6) is -0.0795. The molecule has 0 spiro atoms. The first kappa shape index (κ1) is 30.1. The van der Waals surface area contributed by atoms with Crippen molar-refractivity contribution in [1.82, 2.24) is 0 Å². The van der Waals surface area contributed by atoms with Gasteiger partial charge in [-0.05, 0) is 107 Å². The lowest BCUT2D eigenvalue weighted by atomic mass is 9.39. The van der Waals surface area contributed by atoms with Crippen LogP contribution in [0.4, 0.5) is 0 Å². The van der Waals surface area contributed by atoms with Crippen LogP contribution in [0.25, 0.3) is 0 Å². The molecule has 0 saturated carbocycles. The molecule has 3 heterocycles. The minimum Gasteiger partial charge on any atom is -0.403 e. The normalized spacial score (nSPS) is 27.3. The summed E-state index contributed by atoms with van der Waals surface area (Å²) in [6.07, 6.45) is 2.79. The van der Waals surface area contributed by atoms with E-state index in [1.54, 1.807) is 0 Å². The van der Waals surface area contributed by atoms with Crippen molar-refractivity contribution >= 4 is 21.4 Å². The van der Waals surface area contributed by atoms with Gasteiger partial charge in [0.25, 0.3) is 0 Å². The van der Waals surface area contributed by atoms with Crippen LogP contribution in [0.2, 0.25) is 11.5 Å². The van der Waals surface area contributed by atoms with Crippen LogP contribution >= 0.6 is 0 Å². The second-order valence-electron chi connectivity index (χ2n) is 14.5. The Balaban J connectivity index is 1.70. The molecule has 9 heteroatoms. The molecule has 210 valence electrons. The van der Waals surface area contributed by atoms with Crippen LogP contribution < -0.4 is 0 Å². The number of rotatable bonds is 8. The predicted molar refractivity (Wildman–Crippen MR) is 155 cm³/mol. The highest BCUT2D eigenvalue weighted by atomic mass is 16.7. The molecule has 3 aliphatic rings. The summed E-state index contributed by atoms with van der Waals surface area (Å²) in [5, 5.41) is 0. The van der Waals surface area contributed by atoms with Crippen molar-refractivity contribution in [3.63, 3.8) is 0 Å². The van der Waals surface area contributed by atoms with E-state index in [9.17, 15) is 0 Å². The van der Waals surface area contributed by atoms with E-state index < -0.39 is 55.0 Å². The van der Waals surface area contributed by atoms with Gasteiger partial charge in [-0.1, -0.05) is 36.8 Å². The smallest absolute Gasteiger partial charge is 0.403 e. The van der Waals surface area contributed by atoms with E-state index in [4.69, 9.17) is 27.9 Å². The molecule has 0 N–H and O–H groups in total. The largest absolute Gasteiger partial charge is 0.460 e. The van der Waals surface area contributed by atoms with Gasteiger partial charge in [0, 0.05) is 5.72 Å². The molecule has 0 amide bonds. The van der Waals surface area contributed by atoms with Crippen LogP contribution in [0.5, 0.6) is 0 Å². The Morgan fingerprint density at radius 2 is 0.868 bits per heavy atom. The zero-order valence-corrected chi connectivity index (χ0v) is 25.8. The van der Waals surface area contributed by atoms with Crippen LogP contribution in [0.15, 0.2) is 30.3 Å². The fourth-order valence-electron chi connectivity index (χ4n) is 5.38. The van der Waals surface area contributed by atoms with Crippen LogP contribution in [-0.2, 0) is 34.3 Å². The summed E-state index contributed by atoms with van der Waals surface area (Å²) in [6, 6.07) is 10.6. The van der Waals surface area contributed by atoms with Crippen molar-refractivity contribution in [2.75, 3.05) is 0 Å². The highest BCUT2D eigenvalue weighted by molar-refractivity contribution is 6.71. The van der Waals surface area contributed by atoms with Crippen LogP contribution in [0.1, 0.15) is 101 Å².